The third-order valence-corrected chi connectivity index (χ3v) is 3.94. The summed E-state index contributed by atoms with van der Waals surface area (Å²) in [4.78, 5) is 26.1. The fourth-order valence-corrected chi connectivity index (χ4v) is 2.75. The summed E-state index contributed by atoms with van der Waals surface area (Å²) < 4.78 is 5.36. The van der Waals surface area contributed by atoms with Gasteiger partial charge in [-0.2, -0.15) is 0 Å². The largest absolute Gasteiger partial charge is 0.504 e. The average molecular weight is 350 g/mol. The quantitative estimate of drug-likeness (QED) is 0.723. The van der Waals surface area contributed by atoms with Crippen LogP contribution in [0.5, 0.6) is 11.5 Å². The van der Waals surface area contributed by atoms with Crippen molar-refractivity contribution in [3.05, 3.63) is 23.8 Å². The SMILES string of the molecule is CC(C)(C)OC(=O)N1CCC[C@H]1C(=O)NCCc1ccc(O)c(O)c1. The fraction of sp³-hybridized carbons (Fsp3) is 0.556. The molecule has 1 aliphatic heterocycles. The molecule has 0 saturated carbocycles. The summed E-state index contributed by atoms with van der Waals surface area (Å²) in [5.74, 6) is -0.561. The topological polar surface area (TPSA) is 99.1 Å². The van der Waals surface area contributed by atoms with E-state index in [0.29, 0.717) is 25.9 Å². The number of benzene rings is 1. The van der Waals surface area contributed by atoms with E-state index >= 15 is 0 Å². The lowest BCUT2D eigenvalue weighted by atomic mass is 10.1. The van der Waals surface area contributed by atoms with Crippen molar-refractivity contribution in [2.45, 2.75) is 51.7 Å². The lowest BCUT2D eigenvalue weighted by Gasteiger charge is -2.28. The zero-order valence-electron chi connectivity index (χ0n) is 14.9. The molecule has 7 heteroatoms. The molecule has 7 nitrogen and oxygen atoms in total. The van der Waals surface area contributed by atoms with Crippen molar-refractivity contribution >= 4 is 12.0 Å². The van der Waals surface area contributed by atoms with Crippen LogP contribution in [0.3, 0.4) is 0 Å². The van der Waals surface area contributed by atoms with Gasteiger partial charge in [0.2, 0.25) is 5.91 Å². The summed E-state index contributed by atoms with van der Waals surface area (Å²) in [6.45, 7) is 6.27. The van der Waals surface area contributed by atoms with E-state index in [1.165, 1.54) is 17.0 Å². The number of aromatic hydroxyl groups is 2. The maximum atomic E-state index is 12.4. The molecule has 1 aromatic rings. The Hall–Kier alpha value is -2.44. The van der Waals surface area contributed by atoms with Crippen molar-refractivity contribution in [3.63, 3.8) is 0 Å². The molecule has 1 aliphatic rings. The Balaban J connectivity index is 1.86. The Labute approximate surface area is 147 Å². The van der Waals surface area contributed by atoms with Crippen LogP contribution in [0.1, 0.15) is 39.2 Å². The molecule has 1 saturated heterocycles. The summed E-state index contributed by atoms with van der Waals surface area (Å²) in [6.07, 6.45) is 1.43. The minimum atomic E-state index is -0.596. The second kappa shape index (κ2) is 7.63. The highest BCUT2D eigenvalue weighted by atomic mass is 16.6. The molecule has 0 unspecified atom stereocenters. The van der Waals surface area contributed by atoms with E-state index in [1.807, 2.05) is 0 Å². The molecule has 0 aliphatic carbocycles. The number of carbonyl (C=O) groups is 2. The van der Waals surface area contributed by atoms with Crippen LogP contribution in [0.25, 0.3) is 0 Å². The predicted molar refractivity (Wildman–Crippen MR) is 92.4 cm³/mol. The molecular formula is C18H26N2O5. The molecule has 0 radical (unpaired) electrons. The number of hydrogen-bond acceptors (Lipinski definition) is 5. The smallest absolute Gasteiger partial charge is 0.410 e. The Bertz CT molecular complexity index is 639. The Morgan fingerprint density at radius 3 is 2.64 bits per heavy atom. The van der Waals surface area contributed by atoms with Crippen LogP contribution in [0.15, 0.2) is 18.2 Å². The van der Waals surface area contributed by atoms with Gasteiger partial charge in [0.15, 0.2) is 11.5 Å². The van der Waals surface area contributed by atoms with Gasteiger partial charge in [0, 0.05) is 13.1 Å². The van der Waals surface area contributed by atoms with Gasteiger partial charge in [-0.1, -0.05) is 6.07 Å². The van der Waals surface area contributed by atoms with Crippen molar-refractivity contribution in [1.29, 1.82) is 0 Å². The number of phenolic OH excluding ortho intramolecular Hbond substituents is 2. The maximum absolute atomic E-state index is 12.4. The first kappa shape index (κ1) is 18.9. The highest BCUT2D eigenvalue weighted by Gasteiger charge is 2.36. The zero-order valence-corrected chi connectivity index (χ0v) is 14.9. The van der Waals surface area contributed by atoms with Crippen molar-refractivity contribution in [1.82, 2.24) is 10.2 Å². The lowest BCUT2D eigenvalue weighted by Crippen LogP contribution is -2.47. The van der Waals surface area contributed by atoms with E-state index in [0.717, 1.165) is 12.0 Å². The first-order valence-electron chi connectivity index (χ1n) is 8.45. The maximum Gasteiger partial charge on any atom is 0.410 e. The molecule has 2 rings (SSSR count). The number of rotatable bonds is 4. The van der Waals surface area contributed by atoms with Gasteiger partial charge in [-0.05, 0) is 57.7 Å². The zero-order chi connectivity index (χ0) is 18.6. The number of hydrogen-bond donors (Lipinski definition) is 3. The van der Waals surface area contributed by atoms with E-state index in [1.54, 1.807) is 26.8 Å². The molecule has 0 spiro atoms. The summed E-state index contributed by atoms with van der Waals surface area (Å²) >= 11 is 0. The van der Waals surface area contributed by atoms with Crippen LogP contribution in [0.2, 0.25) is 0 Å². The summed E-state index contributed by atoms with van der Waals surface area (Å²) in [5, 5.41) is 21.6. The Kier molecular flexibility index (Phi) is 5.77. The normalized spacial score (nSPS) is 17.4. The van der Waals surface area contributed by atoms with Crippen molar-refractivity contribution in [2.24, 2.45) is 0 Å². The number of phenols is 2. The molecule has 1 heterocycles. The molecule has 1 fully saturated rings. The fourth-order valence-electron chi connectivity index (χ4n) is 2.75. The molecule has 138 valence electrons. The highest BCUT2D eigenvalue weighted by molar-refractivity contribution is 5.86. The number of carbonyl (C=O) groups excluding carboxylic acids is 2. The molecule has 0 bridgehead atoms. The third-order valence-electron chi connectivity index (χ3n) is 3.94. The molecule has 1 atom stereocenters. The highest BCUT2D eigenvalue weighted by Crippen LogP contribution is 2.25. The summed E-state index contributed by atoms with van der Waals surface area (Å²) in [6, 6.07) is 4.05. The molecule has 25 heavy (non-hydrogen) atoms. The van der Waals surface area contributed by atoms with Crippen LogP contribution in [-0.2, 0) is 16.0 Å². The van der Waals surface area contributed by atoms with Gasteiger partial charge in [-0.15, -0.1) is 0 Å². The van der Waals surface area contributed by atoms with Gasteiger partial charge < -0.3 is 20.3 Å². The second-order valence-electron chi connectivity index (χ2n) is 7.20. The number of ether oxygens (including phenoxy) is 1. The predicted octanol–water partition coefficient (Wildman–Crippen LogP) is 2.16. The Morgan fingerprint density at radius 1 is 1.28 bits per heavy atom. The number of nitrogens with one attached hydrogen (secondary N) is 1. The van der Waals surface area contributed by atoms with Crippen LogP contribution in [0.4, 0.5) is 4.79 Å². The minimum Gasteiger partial charge on any atom is -0.504 e. The first-order chi connectivity index (χ1) is 11.7. The number of nitrogens with zero attached hydrogens (tertiary/aromatic N) is 1. The van der Waals surface area contributed by atoms with E-state index < -0.39 is 17.7 Å². The first-order valence-corrected chi connectivity index (χ1v) is 8.45. The van der Waals surface area contributed by atoms with Crippen LogP contribution in [0, 0.1) is 0 Å². The van der Waals surface area contributed by atoms with Gasteiger partial charge in [0.05, 0.1) is 0 Å². The van der Waals surface area contributed by atoms with Gasteiger partial charge in [0.1, 0.15) is 11.6 Å². The summed E-state index contributed by atoms with van der Waals surface area (Å²) in [5.41, 5.74) is 0.202. The van der Waals surface area contributed by atoms with Gasteiger partial charge in [0.25, 0.3) is 0 Å². The van der Waals surface area contributed by atoms with E-state index in [9.17, 15) is 19.8 Å². The van der Waals surface area contributed by atoms with Gasteiger partial charge in [-0.25, -0.2) is 4.79 Å². The van der Waals surface area contributed by atoms with Gasteiger partial charge in [-0.3, -0.25) is 9.69 Å². The molecule has 3 N–H and O–H groups in total. The van der Waals surface area contributed by atoms with Crippen LogP contribution in [-0.4, -0.2) is 51.8 Å². The monoisotopic (exact) mass is 350 g/mol. The van der Waals surface area contributed by atoms with Crippen LogP contribution < -0.4 is 5.32 Å². The van der Waals surface area contributed by atoms with Crippen molar-refractivity contribution in [2.75, 3.05) is 13.1 Å². The Morgan fingerprint density at radius 2 is 2.00 bits per heavy atom. The van der Waals surface area contributed by atoms with E-state index in [4.69, 9.17) is 4.74 Å². The average Bonchev–Trinajstić information content (AvgIpc) is 2.99. The second-order valence-corrected chi connectivity index (χ2v) is 7.20. The minimum absolute atomic E-state index is 0.174. The van der Waals surface area contributed by atoms with E-state index in [-0.39, 0.29) is 17.4 Å². The summed E-state index contributed by atoms with van der Waals surface area (Å²) in [7, 11) is 0. The van der Waals surface area contributed by atoms with E-state index in [2.05, 4.69) is 5.32 Å². The third kappa shape index (κ3) is 5.27. The number of amides is 2. The van der Waals surface area contributed by atoms with Crippen LogP contribution >= 0.6 is 0 Å². The standard InChI is InChI=1S/C18H26N2O5/c1-18(2,3)25-17(24)20-10-4-5-13(20)16(23)19-9-8-12-6-7-14(21)15(22)11-12/h6-7,11,13,21-22H,4-5,8-10H2,1-3H3,(H,19,23)/t13-/m0/s1. The lowest BCUT2D eigenvalue weighted by molar-refractivity contribution is -0.125. The molecular weight excluding hydrogens is 324 g/mol. The van der Waals surface area contributed by atoms with Crippen molar-refractivity contribution in [3.8, 4) is 11.5 Å². The molecule has 2 amide bonds. The number of likely N-dealkylation sites (tertiary alicyclic amines) is 1. The van der Waals surface area contributed by atoms with Crippen molar-refractivity contribution < 1.29 is 24.5 Å². The molecule has 1 aromatic carbocycles. The molecule has 0 aromatic heterocycles. The van der Waals surface area contributed by atoms with Gasteiger partial charge >= 0.3 is 6.09 Å².